The maximum Gasteiger partial charge on any atom is 0.373 e. The van der Waals surface area contributed by atoms with Crippen LogP contribution in [0.15, 0.2) is 33.1 Å². The van der Waals surface area contributed by atoms with Crippen LogP contribution in [0.2, 0.25) is 0 Å². The van der Waals surface area contributed by atoms with Gasteiger partial charge in [-0.25, -0.2) is 9.59 Å². The number of carbonyl (C=O) groups is 4. The summed E-state index contributed by atoms with van der Waals surface area (Å²) in [4.78, 5) is 47.9. The van der Waals surface area contributed by atoms with Gasteiger partial charge in [-0.15, -0.1) is 0 Å². The van der Waals surface area contributed by atoms with Crippen LogP contribution >= 0.6 is 0 Å². The Morgan fingerprint density at radius 2 is 1.15 bits per heavy atom. The summed E-state index contributed by atoms with van der Waals surface area (Å²) in [5.41, 5.74) is -1.46. The fourth-order valence-corrected chi connectivity index (χ4v) is 2.77. The van der Waals surface area contributed by atoms with Gasteiger partial charge in [0.15, 0.2) is 0 Å². The average molecular weight is 376 g/mol. The van der Waals surface area contributed by atoms with E-state index in [1.165, 1.54) is 52.3 Å². The molecular formula is C19H20O8. The first-order valence-electron chi connectivity index (χ1n) is 8.09. The molecule has 0 radical (unpaired) electrons. The van der Waals surface area contributed by atoms with Gasteiger partial charge in [-0.05, 0) is 38.1 Å². The van der Waals surface area contributed by atoms with E-state index in [-0.39, 0.29) is 47.4 Å². The maximum absolute atomic E-state index is 12.4. The number of rotatable bonds is 8. The number of Topliss-reactive ketones (excluding diaryl/α,β-unsaturated/α-hetero) is 2. The molecule has 0 bridgehead atoms. The quantitative estimate of drug-likeness (QED) is 0.510. The van der Waals surface area contributed by atoms with E-state index in [2.05, 4.69) is 9.47 Å². The van der Waals surface area contributed by atoms with Crippen molar-refractivity contribution >= 4 is 23.5 Å². The first-order valence-corrected chi connectivity index (χ1v) is 8.09. The van der Waals surface area contributed by atoms with Gasteiger partial charge in [0.05, 0.1) is 14.2 Å². The molecular weight excluding hydrogens is 356 g/mol. The lowest BCUT2D eigenvalue weighted by molar-refractivity contribution is -0.138. The van der Waals surface area contributed by atoms with Crippen molar-refractivity contribution in [3.8, 4) is 0 Å². The van der Waals surface area contributed by atoms with Crippen LogP contribution in [0, 0.1) is 5.41 Å². The minimum Gasteiger partial charge on any atom is -0.463 e. The molecule has 0 atom stereocenters. The van der Waals surface area contributed by atoms with E-state index in [1.807, 2.05) is 0 Å². The first kappa shape index (κ1) is 20.2. The van der Waals surface area contributed by atoms with E-state index in [0.29, 0.717) is 0 Å². The highest BCUT2D eigenvalue weighted by Gasteiger charge is 2.43. The summed E-state index contributed by atoms with van der Waals surface area (Å²) in [5, 5.41) is 0. The lowest BCUT2D eigenvalue weighted by atomic mass is 9.73. The molecule has 0 saturated heterocycles. The number of furan rings is 2. The summed E-state index contributed by atoms with van der Waals surface area (Å²) in [6.45, 7) is 2.60. The molecule has 2 aromatic heterocycles. The van der Waals surface area contributed by atoms with Crippen molar-refractivity contribution in [1.82, 2.24) is 0 Å². The highest BCUT2D eigenvalue weighted by atomic mass is 16.5. The van der Waals surface area contributed by atoms with Crippen molar-refractivity contribution in [2.24, 2.45) is 5.41 Å². The van der Waals surface area contributed by atoms with E-state index in [1.54, 1.807) is 0 Å². The van der Waals surface area contributed by atoms with Gasteiger partial charge in [-0.2, -0.15) is 0 Å². The van der Waals surface area contributed by atoms with Crippen LogP contribution in [0.25, 0.3) is 0 Å². The SMILES string of the molecule is COC(=O)c1ccc(CC(Cc2ccc(C(=O)OC)o2)(C(C)=O)C(C)=O)o1. The Bertz CT molecular complexity index is 798. The maximum atomic E-state index is 12.4. The van der Waals surface area contributed by atoms with Gasteiger partial charge in [0.25, 0.3) is 0 Å². The Hall–Kier alpha value is -3.16. The zero-order chi connectivity index (χ0) is 20.2. The van der Waals surface area contributed by atoms with Crippen molar-refractivity contribution in [2.45, 2.75) is 26.7 Å². The molecule has 144 valence electrons. The van der Waals surface area contributed by atoms with Crippen LogP contribution in [0.5, 0.6) is 0 Å². The van der Waals surface area contributed by atoms with Gasteiger partial charge >= 0.3 is 11.9 Å². The average Bonchev–Trinajstić information content (AvgIpc) is 3.28. The molecule has 0 fully saturated rings. The number of ketones is 2. The summed E-state index contributed by atoms with van der Waals surface area (Å²) in [6.07, 6.45) is -0.133. The van der Waals surface area contributed by atoms with Crippen LogP contribution in [0.4, 0.5) is 0 Å². The van der Waals surface area contributed by atoms with E-state index in [0.717, 1.165) is 0 Å². The second kappa shape index (κ2) is 8.03. The highest BCUT2D eigenvalue weighted by molar-refractivity contribution is 6.05. The predicted molar refractivity (Wildman–Crippen MR) is 91.3 cm³/mol. The molecule has 27 heavy (non-hydrogen) atoms. The number of hydrogen-bond donors (Lipinski definition) is 0. The molecule has 8 heteroatoms. The minimum atomic E-state index is -1.46. The summed E-state index contributed by atoms with van der Waals surface area (Å²) >= 11 is 0. The third-order valence-corrected chi connectivity index (χ3v) is 4.40. The van der Waals surface area contributed by atoms with Crippen LogP contribution in [0.3, 0.4) is 0 Å². The Labute approximate surface area is 155 Å². The number of methoxy groups -OCH3 is 2. The monoisotopic (exact) mass is 376 g/mol. The number of carbonyl (C=O) groups excluding carboxylic acids is 4. The van der Waals surface area contributed by atoms with Gasteiger partial charge in [0, 0.05) is 12.8 Å². The van der Waals surface area contributed by atoms with Crippen molar-refractivity contribution in [3.63, 3.8) is 0 Å². The molecule has 0 saturated carbocycles. The minimum absolute atomic E-state index is 0.0283. The standard InChI is InChI=1S/C19H20O8/c1-11(20)19(12(2)21,9-13-5-7-15(26-13)17(22)24-3)10-14-6-8-16(27-14)18(23)25-4/h5-8H,9-10H2,1-4H3. The molecule has 2 aromatic rings. The summed E-state index contributed by atoms with van der Waals surface area (Å²) in [7, 11) is 2.44. The van der Waals surface area contributed by atoms with E-state index < -0.39 is 17.4 Å². The summed E-state index contributed by atoms with van der Waals surface area (Å²) in [6, 6.07) is 5.84. The topological polar surface area (TPSA) is 113 Å². The Morgan fingerprint density at radius 1 is 0.778 bits per heavy atom. The molecule has 0 aromatic carbocycles. The lowest BCUT2D eigenvalue weighted by Crippen LogP contribution is -2.40. The first-order chi connectivity index (χ1) is 12.7. The van der Waals surface area contributed by atoms with Gasteiger partial charge in [-0.1, -0.05) is 0 Å². The van der Waals surface area contributed by atoms with Gasteiger partial charge in [0.2, 0.25) is 11.5 Å². The third kappa shape index (κ3) is 4.16. The van der Waals surface area contributed by atoms with Gasteiger partial charge in [-0.3, -0.25) is 9.59 Å². The summed E-state index contributed by atoms with van der Waals surface area (Å²) < 4.78 is 20.0. The number of ether oxygens (including phenoxy) is 2. The third-order valence-electron chi connectivity index (χ3n) is 4.40. The van der Waals surface area contributed by atoms with Crippen molar-refractivity contribution in [1.29, 1.82) is 0 Å². The highest BCUT2D eigenvalue weighted by Crippen LogP contribution is 2.32. The van der Waals surface area contributed by atoms with Crippen molar-refractivity contribution in [2.75, 3.05) is 14.2 Å². The van der Waals surface area contributed by atoms with Crippen molar-refractivity contribution < 1.29 is 37.5 Å². The molecule has 0 N–H and O–H groups in total. The molecule has 0 unspecified atom stereocenters. The second-order valence-corrected chi connectivity index (χ2v) is 6.06. The molecule has 8 nitrogen and oxygen atoms in total. The zero-order valence-corrected chi connectivity index (χ0v) is 15.5. The normalized spacial score (nSPS) is 11.1. The number of hydrogen-bond acceptors (Lipinski definition) is 8. The van der Waals surface area contributed by atoms with Gasteiger partial charge < -0.3 is 18.3 Å². The lowest BCUT2D eigenvalue weighted by Gasteiger charge is -2.26. The smallest absolute Gasteiger partial charge is 0.373 e. The van der Waals surface area contributed by atoms with Crippen LogP contribution < -0.4 is 0 Å². The molecule has 2 rings (SSSR count). The largest absolute Gasteiger partial charge is 0.463 e. The molecule has 0 aliphatic carbocycles. The Morgan fingerprint density at radius 3 is 1.44 bits per heavy atom. The Kier molecular flexibility index (Phi) is 5.99. The molecule has 2 heterocycles. The van der Waals surface area contributed by atoms with Crippen LogP contribution in [-0.4, -0.2) is 37.7 Å². The molecule has 0 spiro atoms. The molecule has 0 aliphatic rings. The fraction of sp³-hybridized carbons (Fsp3) is 0.368. The van der Waals surface area contributed by atoms with Crippen LogP contribution in [0.1, 0.15) is 46.5 Å². The van der Waals surface area contributed by atoms with Gasteiger partial charge in [0.1, 0.15) is 28.5 Å². The summed E-state index contributed by atoms with van der Waals surface area (Å²) in [5.74, 6) is -1.60. The predicted octanol–water partition coefficient (Wildman–Crippen LogP) is 2.40. The van der Waals surface area contributed by atoms with E-state index >= 15 is 0 Å². The molecule has 0 aliphatic heterocycles. The van der Waals surface area contributed by atoms with E-state index in [4.69, 9.17) is 8.83 Å². The fourth-order valence-electron chi connectivity index (χ4n) is 2.77. The molecule has 0 amide bonds. The zero-order valence-electron chi connectivity index (χ0n) is 15.5. The Balaban J connectivity index is 2.35. The van der Waals surface area contributed by atoms with Crippen LogP contribution in [-0.2, 0) is 31.9 Å². The second-order valence-electron chi connectivity index (χ2n) is 6.06. The van der Waals surface area contributed by atoms with E-state index in [9.17, 15) is 19.2 Å². The number of esters is 2. The van der Waals surface area contributed by atoms with Crippen molar-refractivity contribution in [3.05, 3.63) is 47.3 Å².